The maximum Gasteiger partial charge on any atom is 0.239 e. The van der Waals surface area contributed by atoms with Crippen LogP contribution in [0.5, 0.6) is 0 Å². The molecule has 0 radical (unpaired) electrons. The van der Waals surface area contributed by atoms with Gasteiger partial charge in [0.1, 0.15) is 0 Å². The van der Waals surface area contributed by atoms with Crippen LogP contribution in [0.25, 0.3) is 0 Å². The molecule has 0 aliphatic heterocycles. The molecule has 3 N–H and O–H groups in total. The molecule has 0 atom stereocenters. The average molecular weight is 310 g/mol. The number of hydrogen-bond acceptors (Lipinski definition) is 2. The molecule has 22 heavy (non-hydrogen) atoms. The van der Waals surface area contributed by atoms with Crippen molar-refractivity contribution in [2.24, 2.45) is 10.9 Å². The summed E-state index contributed by atoms with van der Waals surface area (Å²) < 4.78 is 0. The summed E-state index contributed by atoms with van der Waals surface area (Å²) in [7, 11) is 1.74. The Kier molecular flexibility index (Phi) is 9.67. The first-order chi connectivity index (χ1) is 10.6. The summed E-state index contributed by atoms with van der Waals surface area (Å²) in [4.78, 5) is 16.1. The van der Waals surface area contributed by atoms with Crippen molar-refractivity contribution in [3.05, 3.63) is 0 Å². The molecule has 0 aromatic rings. The number of rotatable bonds is 8. The van der Waals surface area contributed by atoms with Crippen LogP contribution in [0, 0.1) is 5.92 Å². The molecule has 1 rings (SSSR count). The van der Waals surface area contributed by atoms with Crippen LogP contribution in [-0.4, -0.2) is 38.0 Å². The van der Waals surface area contributed by atoms with Crippen LogP contribution < -0.4 is 16.0 Å². The number of carbonyl (C=O) groups is 1. The van der Waals surface area contributed by atoms with Gasteiger partial charge in [0.2, 0.25) is 5.91 Å². The molecule has 1 aliphatic rings. The number of unbranched alkanes of at least 4 members (excludes halogenated alkanes) is 1. The van der Waals surface area contributed by atoms with E-state index in [1.54, 1.807) is 7.05 Å². The summed E-state index contributed by atoms with van der Waals surface area (Å²) >= 11 is 0. The second-order valence-corrected chi connectivity index (χ2v) is 6.64. The van der Waals surface area contributed by atoms with Gasteiger partial charge in [-0.15, -0.1) is 0 Å². The molecule has 5 heteroatoms. The third-order valence-electron chi connectivity index (χ3n) is 4.11. The number of amides is 1. The van der Waals surface area contributed by atoms with Crippen molar-refractivity contribution in [1.29, 1.82) is 0 Å². The van der Waals surface area contributed by atoms with Gasteiger partial charge >= 0.3 is 0 Å². The smallest absolute Gasteiger partial charge is 0.239 e. The van der Waals surface area contributed by atoms with Crippen LogP contribution >= 0.6 is 0 Å². The molecular formula is C17H34N4O. The predicted molar refractivity (Wildman–Crippen MR) is 93.1 cm³/mol. The number of carbonyl (C=O) groups excluding carboxylic acids is 1. The van der Waals surface area contributed by atoms with E-state index in [4.69, 9.17) is 0 Å². The van der Waals surface area contributed by atoms with Gasteiger partial charge in [-0.2, -0.15) is 0 Å². The van der Waals surface area contributed by atoms with Crippen molar-refractivity contribution in [2.75, 3.05) is 20.1 Å². The number of hydrogen-bond donors (Lipinski definition) is 3. The largest absolute Gasteiger partial charge is 0.356 e. The highest BCUT2D eigenvalue weighted by atomic mass is 16.2. The van der Waals surface area contributed by atoms with Gasteiger partial charge in [-0.3, -0.25) is 9.79 Å². The van der Waals surface area contributed by atoms with E-state index in [0.717, 1.165) is 31.7 Å². The molecular weight excluding hydrogens is 276 g/mol. The third kappa shape index (κ3) is 8.90. The minimum atomic E-state index is 0.0645. The summed E-state index contributed by atoms with van der Waals surface area (Å²) in [6.07, 6.45) is 9.63. The van der Waals surface area contributed by atoms with Crippen LogP contribution in [0.2, 0.25) is 0 Å². The molecule has 0 bridgehead atoms. The molecule has 0 aromatic carbocycles. The van der Waals surface area contributed by atoms with E-state index in [1.165, 1.54) is 32.1 Å². The van der Waals surface area contributed by atoms with Crippen molar-refractivity contribution >= 4 is 11.9 Å². The summed E-state index contributed by atoms with van der Waals surface area (Å²) in [5.74, 6) is 1.54. The lowest BCUT2D eigenvalue weighted by atomic mass is 9.95. The van der Waals surface area contributed by atoms with E-state index in [-0.39, 0.29) is 5.91 Å². The van der Waals surface area contributed by atoms with Gasteiger partial charge in [0.15, 0.2) is 5.96 Å². The van der Waals surface area contributed by atoms with E-state index in [9.17, 15) is 4.79 Å². The Bertz CT molecular complexity index is 336. The maximum absolute atomic E-state index is 11.9. The molecule has 5 nitrogen and oxygen atoms in total. The van der Waals surface area contributed by atoms with Crippen molar-refractivity contribution in [1.82, 2.24) is 16.0 Å². The number of aliphatic imine (C=N–C) groups is 1. The van der Waals surface area contributed by atoms with Crippen LogP contribution in [0.1, 0.15) is 65.2 Å². The maximum atomic E-state index is 11.9. The average Bonchev–Trinajstić information content (AvgIpc) is 2.50. The summed E-state index contributed by atoms with van der Waals surface area (Å²) in [6.45, 7) is 5.69. The second-order valence-electron chi connectivity index (χ2n) is 6.64. The molecule has 0 saturated heterocycles. The zero-order valence-electron chi connectivity index (χ0n) is 14.6. The highest BCUT2D eigenvalue weighted by Gasteiger charge is 2.15. The minimum absolute atomic E-state index is 0.0645. The quantitative estimate of drug-likeness (QED) is 0.366. The normalized spacial score (nSPS) is 16.6. The number of guanidine groups is 1. The predicted octanol–water partition coefficient (Wildman–Crippen LogP) is 2.43. The topological polar surface area (TPSA) is 65.5 Å². The molecule has 1 aliphatic carbocycles. The van der Waals surface area contributed by atoms with Crippen LogP contribution in [0.15, 0.2) is 4.99 Å². The van der Waals surface area contributed by atoms with Gasteiger partial charge in [-0.05, 0) is 25.2 Å². The molecule has 128 valence electrons. The standard InChI is InChI=1S/C17H34N4O/c1-14(2)9-7-8-12-19-17(18-3)20-13-16(22)21-15-10-5-4-6-11-15/h14-15H,4-13H2,1-3H3,(H,21,22)(H2,18,19,20). The van der Waals surface area contributed by atoms with Crippen molar-refractivity contribution < 1.29 is 4.79 Å². The van der Waals surface area contributed by atoms with E-state index >= 15 is 0 Å². The zero-order chi connectivity index (χ0) is 16.2. The molecule has 1 fully saturated rings. The highest BCUT2D eigenvalue weighted by Crippen LogP contribution is 2.17. The Morgan fingerprint density at radius 1 is 1.14 bits per heavy atom. The Balaban J connectivity index is 2.10. The fraction of sp³-hybridized carbons (Fsp3) is 0.882. The first-order valence-corrected chi connectivity index (χ1v) is 8.85. The Morgan fingerprint density at radius 3 is 2.50 bits per heavy atom. The first-order valence-electron chi connectivity index (χ1n) is 8.85. The summed E-state index contributed by atoms with van der Waals surface area (Å²) in [6, 6.07) is 0.369. The second kappa shape index (κ2) is 11.3. The van der Waals surface area contributed by atoms with E-state index < -0.39 is 0 Å². The van der Waals surface area contributed by atoms with E-state index in [2.05, 4.69) is 34.8 Å². The first kappa shape index (κ1) is 18.8. The van der Waals surface area contributed by atoms with E-state index in [0.29, 0.717) is 18.5 Å². The van der Waals surface area contributed by atoms with Crippen LogP contribution in [-0.2, 0) is 4.79 Å². The third-order valence-corrected chi connectivity index (χ3v) is 4.11. The Labute approximate surface area is 135 Å². The molecule has 0 aromatic heterocycles. The lowest BCUT2D eigenvalue weighted by Gasteiger charge is -2.23. The van der Waals surface area contributed by atoms with Gasteiger partial charge in [0.25, 0.3) is 0 Å². The molecule has 0 heterocycles. The van der Waals surface area contributed by atoms with Gasteiger partial charge in [0.05, 0.1) is 6.54 Å². The number of nitrogens with one attached hydrogen (secondary N) is 3. The van der Waals surface area contributed by atoms with Crippen molar-refractivity contribution in [3.8, 4) is 0 Å². The number of nitrogens with zero attached hydrogens (tertiary/aromatic N) is 1. The van der Waals surface area contributed by atoms with Crippen molar-refractivity contribution in [2.45, 2.75) is 71.3 Å². The van der Waals surface area contributed by atoms with Crippen LogP contribution in [0.3, 0.4) is 0 Å². The zero-order valence-corrected chi connectivity index (χ0v) is 14.6. The Morgan fingerprint density at radius 2 is 1.86 bits per heavy atom. The van der Waals surface area contributed by atoms with Gasteiger partial charge in [-0.25, -0.2) is 0 Å². The Hall–Kier alpha value is -1.26. The lowest BCUT2D eigenvalue weighted by Crippen LogP contribution is -2.46. The molecule has 1 amide bonds. The van der Waals surface area contributed by atoms with Gasteiger partial charge in [0, 0.05) is 19.6 Å². The van der Waals surface area contributed by atoms with Gasteiger partial charge in [-0.1, -0.05) is 46.0 Å². The van der Waals surface area contributed by atoms with Gasteiger partial charge < -0.3 is 16.0 Å². The summed E-state index contributed by atoms with van der Waals surface area (Å²) in [5, 5.41) is 9.45. The summed E-state index contributed by atoms with van der Waals surface area (Å²) in [5.41, 5.74) is 0. The molecule has 0 unspecified atom stereocenters. The van der Waals surface area contributed by atoms with Crippen molar-refractivity contribution in [3.63, 3.8) is 0 Å². The fourth-order valence-electron chi connectivity index (χ4n) is 2.79. The molecule has 1 saturated carbocycles. The SMILES string of the molecule is CN=C(NCCCCC(C)C)NCC(=O)NC1CCCCC1. The highest BCUT2D eigenvalue weighted by molar-refractivity contribution is 5.86. The fourth-order valence-corrected chi connectivity index (χ4v) is 2.79. The lowest BCUT2D eigenvalue weighted by molar-refractivity contribution is -0.120. The molecule has 0 spiro atoms. The minimum Gasteiger partial charge on any atom is -0.356 e. The van der Waals surface area contributed by atoms with E-state index in [1.807, 2.05) is 0 Å². The monoisotopic (exact) mass is 310 g/mol. The van der Waals surface area contributed by atoms with Crippen LogP contribution in [0.4, 0.5) is 0 Å².